The number of nitrogens with one attached hydrogen (secondary N) is 1. The molecule has 110 valence electrons. The van der Waals surface area contributed by atoms with Crippen molar-refractivity contribution in [1.29, 1.82) is 0 Å². The zero-order valence-corrected chi connectivity index (χ0v) is 11.8. The lowest BCUT2D eigenvalue weighted by molar-refractivity contribution is -0.118. The zero-order valence-electron chi connectivity index (χ0n) is 11.0. The van der Waals surface area contributed by atoms with Crippen molar-refractivity contribution in [2.45, 2.75) is 10.7 Å². The Morgan fingerprint density at radius 1 is 1.10 bits per heavy atom. The van der Waals surface area contributed by atoms with Gasteiger partial charge in [-0.3, -0.25) is 4.79 Å². The number of halogens is 2. The summed E-state index contributed by atoms with van der Waals surface area (Å²) in [6.45, 7) is -0.114. The summed E-state index contributed by atoms with van der Waals surface area (Å²) in [7, 11) is 0. The lowest BCUT2D eigenvalue weighted by atomic mass is 10.3. The van der Waals surface area contributed by atoms with Crippen molar-refractivity contribution < 1.29 is 18.3 Å². The minimum atomic E-state index is -2.45. The van der Waals surface area contributed by atoms with Crippen molar-refractivity contribution in [2.75, 3.05) is 11.9 Å². The Morgan fingerprint density at radius 2 is 1.76 bits per heavy atom. The van der Waals surface area contributed by atoms with E-state index in [1.54, 1.807) is 24.3 Å². The standard InChI is InChI=1S/C15H13F2NO2S/c16-15(17)21-13-8-6-11(7-9-13)18-14(19)10-20-12-4-2-1-3-5-12/h1-9,15H,10H2,(H,18,19). The lowest BCUT2D eigenvalue weighted by Crippen LogP contribution is -2.20. The Hall–Kier alpha value is -2.08. The molecule has 0 radical (unpaired) electrons. The molecule has 2 aromatic rings. The van der Waals surface area contributed by atoms with Crippen LogP contribution in [0.25, 0.3) is 0 Å². The van der Waals surface area contributed by atoms with Crippen molar-refractivity contribution in [3.8, 4) is 5.75 Å². The number of thioether (sulfide) groups is 1. The Balaban J connectivity index is 1.82. The maximum atomic E-state index is 12.2. The Kier molecular flexibility index (Phi) is 5.57. The van der Waals surface area contributed by atoms with Crippen LogP contribution >= 0.6 is 11.8 Å². The van der Waals surface area contributed by atoms with Crippen LogP contribution in [0.15, 0.2) is 59.5 Å². The van der Waals surface area contributed by atoms with Crippen molar-refractivity contribution >= 4 is 23.4 Å². The zero-order chi connectivity index (χ0) is 15.1. The normalized spacial score (nSPS) is 10.4. The summed E-state index contributed by atoms with van der Waals surface area (Å²) in [6.07, 6.45) is 0. The van der Waals surface area contributed by atoms with Gasteiger partial charge < -0.3 is 10.1 Å². The van der Waals surface area contributed by atoms with Gasteiger partial charge in [0.1, 0.15) is 5.75 Å². The van der Waals surface area contributed by atoms with Crippen LogP contribution in [-0.2, 0) is 4.79 Å². The van der Waals surface area contributed by atoms with Crippen LogP contribution in [0.1, 0.15) is 0 Å². The Bertz CT molecular complexity index is 576. The topological polar surface area (TPSA) is 38.3 Å². The fourth-order valence-electron chi connectivity index (χ4n) is 1.58. The number of anilines is 1. The number of ether oxygens (including phenoxy) is 1. The van der Waals surface area contributed by atoms with E-state index in [1.807, 2.05) is 18.2 Å². The average molecular weight is 309 g/mol. The highest BCUT2D eigenvalue weighted by molar-refractivity contribution is 7.99. The summed E-state index contributed by atoms with van der Waals surface area (Å²) in [5.74, 6) is -2.16. The van der Waals surface area contributed by atoms with Gasteiger partial charge >= 0.3 is 0 Å². The van der Waals surface area contributed by atoms with Crippen molar-refractivity contribution in [1.82, 2.24) is 0 Å². The molecule has 0 unspecified atom stereocenters. The van der Waals surface area contributed by atoms with Crippen LogP contribution in [0.3, 0.4) is 0 Å². The Morgan fingerprint density at radius 3 is 2.38 bits per heavy atom. The van der Waals surface area contributed by atoms with Gasteiger partial charge in [-0.1, -0.05) is 30.0 Å². The molecule has 0 heterocycles. The summed E-state index contributed by atoms with van der Waals surface area (Å²) >= 11 is 0.463. The van der Waals surface area contributed by atoms with Gasteiger partial charge in [-0.15, -0.1) is 0 Å². The lowest BCUT2D eigenvalue weighted by Gasteiger charge is -2.08. The number of hydrogen-bond acceptors (Lipinski definition) is 3. The molecule has 0 saturated heterocycles. The predicted octanol–water partition coefficient (Wildman–Crippen LogP) is 4.02. The fourth-order valence-corrected chi connectivity index (χ4v) is 2.08. The number of para-hydroxylation sites is 1. The van der Waals surface area contributed by atoms with E-state index in [4.69, 9.17) is 4.74 Å². The van der Waals surface area contributed by atoms with Gasteiger partial charge in [0, 0.05) is 10.6 Å². The van der Waals surface area contributed by atoms with Crippen LogP contribution in [0.2, 0.25) is 0 Å². The summed E-state index contributed by atoms with van der Waals surface area (Å²) in [5, 5.41) is 2.63. The van der Waals surface area contributed by atoms with Crippen LogP contribution in [0.4, 0.5) is 14.5 Å². The molecule has 6 heteroatoms. The molecule has 0 bridgehead atoms. The highest BCUT2D eigenvalue weighted by Gasteiger charge is 2.06. The molecular weight excluding hydrogens is 296 g/mol. The molecule has 0 atom stereocenters. The van der Waals surface area contributed by atoms with Gasteiger partial charge in [-0.25, -0.2) is 0 Å². The molecule has 0 aliphatic carbocycles. The number of amides is 1. The third-order valence-corrected chi connectivity index (χ3v) is 3.20. The second kappa shape index (κ2) is 7.64. The van der Waals surface area contributed by atoms with E-state index in [1.165, 1.54) is 12.1 Å². The van der Waals surface area contributed by atoms with E-state index in [0.717, 1.165) is 0 Å². The second-order valence-electron chi connectivity index (χ2n) is 4.05. The first-order valence-electron chi connectivity index (χ1n) is 6.16. The van der Waals surface area contributed by atoms with E-state index < -0.39 is 5.76 Å². The quantitative estimate of drug-likeness (QED) is 0.819. The molecule has 0 spiro atoms. The molecule has 0 aliphatic rings. The van der Waals surface area contributed by atoms with E-state index in [9.17, 15) is 13.6 Å². The van der Waals surface area contributed by atoms with Crippen molar-refractivity contribution in [3.63, 3.8) is 0 Å². The number of carbonyl (C=O) groups is 1. The first kappa shape index (κ1) is 15.3. The number of alkyl halides is 2. The molecule has 21 heavy (non-hydrogen) atoms. The van der Waals surface area contributed by atoms with E-state index >= 15 is 0 Å². The molecule has 2 rings (SSSR count). The van der Waals surface area contributed by atoms with Crippen LogP contribution in [0.5, 0.6) is 5.75 Å². The third-order valence-electron chi connectivity index (χ3n) is 2.48. The molecule has 0 fully saturated rings. The van der Waals surface area contributed by atoms with Gasteiger partial charge in [-0.2, -0.15) is 8.78 Å². The molecule has 3 nitrogen and oxygen atoms in total. The van der Waals surface area contributed by atoms with Crippen LogP contribution in [0, 0.1) is 0 Å². The van der Waals surface area contributed by atoms with Gasteiger partial charge in [-0.05, 0) is 36.4 Å². The smallest absolute Gasteiger partial charge is 0.288 e. The number of rotatable bonds is 6. The summed E-state index contributed by atoms with van der Waals surface area (Å²) in [6, 6.07) is 15.2. The molecule has 0 aliphatic heterocycles. The van der Waals surface area contributed by atoms with Gasteiger partial charge in [0.2, 0.25) is 0 Å². The number of benzene rings is 2. The molecule has 0 saturated carbocycles. The summed E-state index contributed by atoms with van der Waals surface area (Å²) in [4.78, 5) is 12.1. The minimum absolute atomic E-state index is 0.114. The monoisotopic (exact) mass is 309 g/mol. The van der Waals surface area contributed by atoms with E-state index in [0.29, 0.717) is 28.1 Å². The molecule has 2 aromatic carbocycles. The maximum Gasteiger partial charge on any atom is 0.288 e. The minimum Gasteiger partial charge on any atom is -0.484 e. The summed E-state index contributed by atoms with van der Waals surface area (Å²) < 4.78 is 29.6. The Labute approximate surface area is 125 Å². The molecular formula is C15H13F2NO2S. The van der Waals surface area contributed by atoms with Crippen molar-refractivity contribution in [3.05, 3.63) is 54.6 Å². The van der Waals surface area contributed by atoms with Crippen LogP contribution < -0.4 is 10.1 Å². The van der Waals surface area contributed by atoms with Crippen molar-refractivity contribution in [2.24, 2.45) is 0 Å². The second-order valence-corrected chi connectivity index (χ2v) is 5.12. The van der Waals surface area contributed by atoms with Gasteiger partial charge in [0.15, 0.2) is 6.61 Å². The number of carbonyl (C=O) groups excluding carboxylic acids is 1. The molecule has 1 N–H and O–H groups in total. The largest absolute Gasteiger partial charge is 0.484 e. The third kappa shape index (κ3) is 5.43. The highest BCUT2D eigenvalue weighted by atomic mass is 32.2. The fraction of sp³-hybridized carbons (Fsp3) is 0.133. The number of hydrogen-bond donors (Lipinski definition) is 1. The SMILES string of the molecule is O=C(COc1ccccc1)Nc1ccc(SC(F)F)cc1. The first-order valence-corrected chi connectivity index (χ1v) is 7.04. The van der Waals surface area contributed by atoms with Gasteiger partial charge in [0.05, 0.1) is 0 Å². The van der Waals surface area contributed by atoms with E-state index in [-0.39, 0.29) is 12.5 Å². The highest BCUT2D eigenvalue weighted by Crippen LogP contribution is 2.26. The average Bonchev–Trinajstić information content (AvgIpc) is 2.48. The maximum absolute atomic E-state index is 12.2. The predicted molar refractivity (Wildman–Crippen MR) is 78.9 cm³/mol. The van der Waals surface area contributed by atoms with Gasteiger partial charge in [0.25, 0.3) is 11.7 Å². The molecule has 1 amide bonds. The first-order chi connectivity index (χ1) is 10.1. The summed E-state index contributed by atoms with van der Waals surface area (Å²) in [5.41, 5.74) is 0.537. The molecule has 0 aromatic heterocycles. The van der Waals surface area contributed by atoms with E-state index in [2.05, 4.69) is 5.32 Å². The van der Waals surface area contributed by atoms with Crippen LogP contribution in [-0.4, -0.2) is 18.3 Å².